The summed E-state index contributed by atoms with van der Waals surface area (Å²) < 4.78 is 27.2. The zero-order valence-electron chi connectivity index (χ0n) is 13.5. The lowest BCUT2D eigenvalue weighted by Gasteiger charge is -2.38. The Morgan fingerprint density at radius 1 is 1.24 bits per heavy atom. The Balaban J connectivity index is 1.43. The third kappa shape index (κ3) is 2.82. The normalized spacial score (nSPS) is 14.6. The first kappa shape index (κ1) is 15.6. The number of carbonyl (C=O) groups is 1. The molecule has 1 saturated heterocycles. The van der Waals surface area contributed by atoms with Gasteiger partial charge in [0.15, 0.2) is 0 Å². The van der Waals surface area contributed by atoms with E-state index in [0.717, 1.165) is 34.6 Å². The zero-order chi connectivity index (χ0) is 17.6. The number of fused-ring (bicyclic) bond motifs is 1. The molecule has 4 rings (SSSR count). The number of hydrogen-bond donors (Lipinski definition) is 2. The van der Waals surface area contributed by atoms with Crippen LogP contribution in [0.1, 0.15) is 17.3 Å². The summed E-state index contributed by atoms with van der Waals surface area (Å²) in [6.45, 7) is 2.90. The number of hydrogen-bond acceptors (Lipinski definition) is 2. The number of anilines is 1. The molecule has 1 aromatic heterocycles. The molecule has 2 aromatic carbocycles. The molecule has 5 nitrogen and oxygen atoms in total. The molecule has 0 aliphatic carbocycles. The number of urea groups is 1. The van der Waals surface area contributed by atoms with Gasteiger partial charge in [-0.25, -0.2) is 18.6 Å². The third-order valence-corrected chi connectivity index (χ3v) is 4.41. The predicted octanol–water partition coefficient (Wildman–Crippen LogP) is 3.78. The maximum Gasteiger partial charge on any atom is 0.322 e. The summed E-state index contributed by atoms with van der Waals surface area (Å²) in [4.78, 5) is 21.5. The number of benzene rings is 2. The highest BCUT2D eigenvalue weighted by atomic mass is 19.1. The van der Waals surface area contributed by atoms with E-state index < -0.39 is 23.4 Å². The molecule has 0 saturated carbocycles. The number of imidazole rings is 1. The van der Waals surface area contributed by atoms with Crippen LogP contribution in [0.4, 0.5) is 19.3 Å². The quantitative estimate of drug-likeness (QED) is 0.744. The fraction of sp³-hybridized carbons (Fsp3) is 0.222. The number of nitrogens with one attached hydrogen (secondary N) is 2. The minimum absolute atomic E-state index is 0.0870. The molecule has 0 spiro atoms. The van der Waals surface area contributed by atoms with Gasteiger partial charge in [0.1, 0.15) is 23.1 Å². The van der Waals surface area contributed by atoms with Crippen molar-refractivity contribution in [3.63, 3.8) is 0 Å². The van der Waals surface area contributed by atoms with Gasteiger partial charge in [0.05, 0.1) is 17.0 Å². The third-order valence-electron chi connectivity index (χ3n) is 4.41. The van der Waals surface area contributed by atoms with Crippen LogP contribution in [-0.2, 0) is 0 Å². The number of para-hydroxylation sites is 1. The average molecular weight is 342 g/mol. The van der Waals surface area contributed by atoms with Crippen molar-refractivity contribution in [2.24, 2.45) is 0 Å². The fourth-order valence-corrected chi connectivity index (χ4v) is 2.96. The Morgan fingerprint density at radius 2 is 1.96 bits per heavy atom. The molecule has 2 amide bonds. The number of H-pyrrole nitrogens is 1. The van der Waals surface area contributed by atoms with Crippen molar-refractivity contribution in [1.29, 1.82) is 0 Å². The second-order valence-electron chi connectivity index (χ2n) is 6.27. The highest BCUT2D eigenvalue weighted by molar-refractivity contribution is 5.90. The lowest BCUT2D eigenvalue weighted by Crippen LogP contribution is -2.50. The lowest BCUT2D eigenvalue weighted by atomic mass is 10.0. The van der Waals surface area contributed by atoms with E-state index in [1.54, 1.807) is 0 Å². The highest BCUT2D eigenvalue weighted by Gasteiger charge is 2.34. The Labute approximate surface area is 142 Å². The largest absolute Gasteiger partial charge is 0.342 e. The van der Waals surface area contributed by atoms with Crippen molar-refractivity contribution in [2.45, 2.75) is 12.8 Å². The van der Waals surface area contributed by atoms with Crippen molar-refractivity contribution in [3.8, 4) is 0 Å². The maximum absolute atomic E-state index is 13.6. The summed E-state index contributed by atoms with van der Waals surface area (Å²) >= 11 is 0. The van der Waals surface area contributed by atoms with Gasteiger partial charge in [-0.1, -0.05) is 12.1 Å². The van der Waals surface area contributed by atoms with Gasteiger partial charge in [-0.05, 0) is 36.8 Å². The van der Waals surface area contributed by atoms with E-state index >= 15 is 0 Å². The standard InChI is InChI=1S/C18H16F2N4O/c1-10-5-6-14-15(7-10)22-17(21-14)11-8-24(9-11)18(25)23-16-12(19)3-2-4-13(16)20/h2-7,11H,8-9H2,1H3,(H,21,22)(H,23,25). The molecule has 128 valence electrons. The Kier molecular flexibility index (Phi) is 3.63. The fourth-order valence-electron chi connectivity index (χ4n) is 2.96. The van der Waals surface area contributed by atoms with E-state index in [1.165, 1.54) is 11.0 Å². The van der Waals surface area contributed by atoms with Crippen molar-refractivity contribution < 1.29 is 13.6 Å². The predicted molar refractivity (Wildman–Crippen MR) is 90.5 cm³/mol. The van der Waals surface area contributed by atoms with Crippen LogP contribution >= 0.6 is 0 Å². The van der Waals surface area contributed by atoms with E-state index in [-0.39, 0.29) is 5.92 Å². The molecular formula is C18H16F2N4O. The van der Waals surface area contributed by atoms with E-state index in [0.29, 0.717) is 13.1 Å². The SMILES string of the molecule is Cc1ccc2nc(C3CN(C(=O)Nc4c(F)cccc4F)C3)[nH]c2c1. The molecule has 25 heavy (non-hydrogen) atoms. The molecule has 0 atom stereocenters. The number of nitrogens with zero attached hydrogens (tertiary/aromatic N) is 2. The first-order valence-corrected chi connectivity index (χ1v) is 7.97. The Hall–Kier alpha value is -2.96. The molecule has 0 radical (unpaired) electrons. The second kappa shape index (κ2) is 5.84. The number of aromatic nitrogens is 2. The number of halogens is 2. The minimum atomic E-state index is -0.793. The molecule has 1 aliphatic heterocycles. The highest BCUT2D eigenvalue weighted by Crippen LogP contribution is 2.28. The van der Waals surface area contributed by atoms with E-state index in [4.69, 9.17) is 0 Å². The molecular weight excluding hydrogens is 326 g/mol. The Bertz CT molecular complexity index is 943. The van der Waals surface area contributed by atoms with Crippen LogP contribution in [0.5, 0.6) is 0 Å². The van der Waals surface area contributed by atoms with Crippen LogP contribution in [0.2, 0.25) is 0 Å². The van der Waals surface area contributed by atoms with Gasteiger partial charge in [-0.3, -0.25) is 0 Å². The summed E-state index contributed by atoms with van der Waals surface area (Å²) in [5.74, 6) is -0.679. The van der Waals surface area contributed by atoms with Crippen LogP contribution in [-0.4, -0.2) is 34.0 Å². The Morgan fingerprint density at radius 3 is 2.68 bits per heavy atom. The van der Waals surface area contributed by atoms with Gasteiger partial charge in [-0.2, -0.15) is 0 Å². The van der Waals surface area contributed by atoms with Crippen molar-refractivity contribution in [2.75, 3.05) is 18.4 Å². The number of likely N-dealkylation sites (tertiary alicyclic amines) is 1. The van der Waals surface area contributed by atoms with Crippen molar-refractivity contribution in [1.82, 2.24) is 14.9 Å². The summed E-state index contributed by atoms with van der Waals surface area (Å²) in [5.41, 5.74) is 2.57. The first-order chi connectivity index (χ1) is 12.0. The molecule has 0 bridgehead atoms. The number of rotatable bonds is 2. The summed E-state index contributed by atoms with van der Waals surface area (Å²) in [6, 6.07) is 8.92. The molecule has 7 heteroatoms. The van der Waals surface area contributed by atoms with Crippen molar-refractivity contribution >= 4 is 22.8 Å². The topological polar surface area (TPSA) is 61.0 Å². The zero-order valence-corrected chi connectivity index (χ0v) is 13.5. The van der Waals surface area contributed by atoms with Gasteiger partial charge >= 0.3 is 6.03 Å². The molecule has 1 aliphatic rings. The van der Waals surface area contributed by atoms with Crippen LogP contribution in [0.3, 0.4) is 0 Å². The van der Waals surface area contributed by atoms with Gasteiger partial charge in [-0.15, -0.1) is 0 Å². The van der Waals surface area contributed by atoms with Gasteiger partial charge in [0, 0.05) is 13.1 Å². The summed E-state index contributed by atoms with van der Waals surface area (Å²) in [7, 11) is 0. The maximum atomic E-state index is 13.6. The van der Waals surface area contributed by atoms with Crippen LogP contribution in [0, 0.1) is 18.6 Å². The molecule has 2 heterocycles. The smallest absolute Gasteiger partial charge is 0.322 e. The van der Waals surface area contributed by atoms with E-state index in [9.17, 15) is 13.6 Å². The average Bonchev–Trinajstić information content (AvgIpc) is 2.92. The van der Waals surface area contributed by atoms with Gasteiger partial charge < -0.3 is 15.2 Å². The van der Waals surface area contributed by atoms with Crippen LogP contribution in [0.15, 0.2) is 36.4 Å². The second-order valence-corrected chi connectivity index (χ2v) is 6.27. The monoisotopic (exact) mass is 342 g/mol. The number of aryl methyl sites for hydroxylation is 1. The van der Waals surface area contributed by atoms with Gasteiger partial charge in [0.2, 0.25) is 0 Å². The van der Waals surface area contributed by atoms with E-state index in [1.807, 2.05) is 25.1 Å². The van der Waals surface area contributed by atoms with Gasteiger partial charge in [0.25, 0.3) is 0 Å². The molecule has 0 unspecified atom stereocenters. The first-order valence-electron chi connectivity index (χ1n) is 7.97. The molecule has 1 fully saturated rings. The summed E-state index contributed by atoms with van der Waals surface area (Å²) in [5, 5.41) is 2.29. The van der Waals surface area contributed by atoms with Crippen molar-refractivity contribution in [3.05, 3.63) is 59.4 Å². The minimum Gasteiger partial charge on any atom is -0.342 e. The summed E-state index contributed by atoms with van der Waals surface area (Å²) in [6.07, 6.45) is 0. The molecule has 2 N–H and O–H groups in total. The van der Waals surface area contributed by atoms with Crippen LogP contribution < -0.4 is 5.32 Å². The number of carbonyl (C=O) groups excluding carboxylic acids is 1. The lowest BCUT2D eigenvalue weighted by molar-refractivity contribution is 0.161. The molecule has 3 aromatic rings. The number of amides is 2. The van der Waals surface area contributed by atoms with E-state index in [2.05, 4.69) is 15.3 Å². The van der Waals surface area contributed by atoms with Crippen LogP contribution in [0.25, 0.3) is 11.0 Å². The number of aromatic amines is 1.